The van der Waals surface area contributed by atoms with E-state index in [1.54, 1.807) is 0 Å². The van der Waals surface area contributed by atoms with Gasteiger partial charge in [-0.15, -0.1) is 12.4 Å². The van der Waals surface area contributed by atoms with Gasteiger partial charge in [0.2, 0.25) is 0 Å². The molecule has 0 heterocycles. The van der Waals surface area contributed by atoms with E-state index in [9.17, 15) is 4.79 Å². The van der Waals surface area contributed by atoms with Crippen LogP contribution < -0.4 is 5.73 Å². The summed E-state index contributed by atoms with van der Waals surface area (Å²) in [4.78, 5) is 10.5. The first-order valence-electron chi connectivity index (χ1n) is 4.47. The van der Waals surface area contributed by atoms with Gasteiger partial charge in [-0.3, -0.25) is 4.79 Å². The maximum atomic E-state index is 10.5. The standard InChI is InChI=1S/C4H9NO2.ClH/c1-4(2,5)3(6)7;/h5H2,1-2H3,(H,6,7);1H/i1D3,2D3;. The fraction of sp³-hybridized carbons (Fsp3) is 0.750. The average Bonchev–Trinajstić information content (AvgIpc) is 1.80. The van der Waals surface area contributed by atoms with Crippen molar-refractivity contribution in [2.24, 2.45) is 5.73 Å². The molecule has 0 saturated heterocycles. The number of hydrogen-bond donors (Lipinski definition) is 2. The van der Waals surface area contributed by atoms with Crippen LogP contribution >= 0.6 is 12.4 Å². The molecule has 3 nitrogen and oxygen atoms in total. The third-order valence-corrected chi connectivity index (χ3v) is 0.337. The molecule has 0 amide bonds. The smallest absolute Gasteiger partial charge is 0.323 e. The van der Waals surface area contributed by atoms with Crippen molar-refractivity contribution in [2.75, 3.05) is 0 Å². The number of hydrogen-bond acceptors (Lipinski definition) is 2. The third kappa shape index (κ3) is 3.89. The van der Waals surface area contributed by atoms with Crippen molar-refractivity contribution in [1.29, 1.82) is 0 Å². The van der Waals surface area contributed by atoms with Gasteiger partial charge >= 0.3 is 5.97 Å². The van der Waals surface area contributed by atoms with Crippen LogP contribution in [-0.4, -0.2) is 16.6 Å². The molecule has 0 aliphatic rings. The molecule has 0 aliphatic carbocycles. The molecule has 0 radical (unpaired) electrons. The molecule has 0 spiro atoms. The minimum atomic E-state index is -3.27. The lowest BCUT2D eigenvalue weighted by Crippen LogP contribution is -2.41. The second kappa shape index (κ2) is 2.89. The molecule has 50 valence electrons. The van der Waals surface area contributed by atoms with Crippen LogP contribution in [-0.2, 0) is 4.79 Å². The molecular formula is C4H10ClNO2. The molecule has 4 heteroatoms. The number of carbonyl (C=O) groups is 1. The quantitative estimate of drug-likeness (QED) is 0.555. The predicted molar refractivity (Wildman–Crippen MR) is 33.2 cm³/mol. The summed E-state index contributed by atoms with van der Waals surface area (Å²) in [5, 5.41) is 8.46. The van der Waals surface area contributed by atoms with Crippen molar-refractivity contribution in [3.05, 3.63) is 0 Å². The normalized spacial score (nSPS) is 24.1. The van der Waals surface area contributed by atoms with Crippen LogP contribution in [0.3, 0.4) is 0 Å². The Kier molecular flexibility index (Phi) is 0.917. The highest BCUT2D eigenvalue weighted by molar-refractivity contribution is 5.85. The van der Waals surface area contributed by atoms with Gasteiger partial charge in [-0.2, -0.15) is 0 Å². The maximum absolute atomic E-state index is 10.5. The van der Waals surface area contributed by atoms with Crippen LogP contribution in [0.1, 0.15) is 21.9 Å². The van der Waals surface area contributed by atoms with Crippen LogP contribution in [0.5, 0.6) is 0 Å². The van der Waals surface area contributed by atoms with E-state index in [2.05, 4.69) is 0 Å². The molecule has 0 atom stereocenters. The van der Waals surface area contributed by atoms with Crippen molar-refractivity contribution in [2.45, 2.75) is 19.2 Å². The molecule has 0 aromatic carbocycles. The van der Waals surface area contributed by atoms with E-state index in [4.69, 9.17) is 19.1 Å². The first kappa shape index (κ1) is 2.54. The molecule has 0 aromatic rings. The molecule has 0 aliphatic heterocycles. The Hall–Kier alpha value is -0.280. The lowest BCUT2D eigenvalue weighted by Gasteiger charge is -2.09. The lowest BCUT2D eigenvalue weighted by molar-refractivity contribution is -0.141. The molecule has 0 rings (SSSR count). The molecule has 0 bridgehead atoms. The maximum Gasteiger partial charge on any atom is 0.323 e. The second-order valence-electron chi connectivity index (χ2n) is 1.11. The predicted octanol–water partition coefficient (Wildman–Crippen LogP) is 0.230. The molecule has 3 N–H and O–H groups in total. The highest BCUT2D eigenvalue weighted by Crippen LogP contribution is 1.93. The van der Waals surface area contributed by atoms with Crippen molar-refractivity contribution in [1.82, 2.24) is 0 Å². The number of rotatable bonds is 1. The van der Waals surface area contributed by atoms with Gasteiger partial charge < -0.3 is 10.8 Å². The summed E-state index contributed by atoms with van der Waals surface area (Å²) >= 11 is 0. The third-order valence-electron chi connectivity index (χ3n) is 0.337. The fourth-order valence-electron chi connectivity index (χ4n) is 0. The van der Waals surface area contributed by atoms with Crippen LogP contribution in [0.4, 0.5) is 0 Å². The van der Waals surface area contributed by atoms with Crippen LogP contribution in [0.15, 0.2) is 0 Å². The van der Waals surface area contributed by atoms with E-state index in [1.165, 1.54) is 0 Å². The summed E-state index contributed by atoms with van der Waals surface area (Å²) < 4.78 is 40.4. The molecule has 0 fully saturated rings. The van der Waals surface area contributed by atoms with Gasteiger partial charge in [0.15, 0.2) is 0 Å². The summed E-state index contributed by atoms with van der Waals surface area (Å²) in [6, 6.07) is 0. The van der Waals surface area contributed by atoms with Crippen molar-refractivity contribution in [3.8, 4) is 0 Å². The minimum Gasteiger partial charge on any atom is -0.480 e. The summed E-state index contributed by atoms with van der Waals surface area (Å²) in [6.07, 6.45) is 0. The van der Waals surface area contributed by atoms with E-state index in [0.29, 0.717) is 0 Å². The second-order valence-corrected chi connectivity index (χ2v) is 1.11. The van der Waals surface area contributed by atoms with E-state index < -0.39 is 25.2 Å². The van der Waals surface area contributed by atoms with E-state index >= 15 is 0 Å². The topological polar surface area (TPSA) is 63.3 Å². The zero-order valence-electron chi connectivity index (χ0n) is 9.84. The minimum absolute atomic E-state index is 0. The van der Waals surface area contributed by atoms with Gasteiger partial charge in [0.1, 0.15) is 5.54 Å². The first-order valence-corrected chi connectivity index (χ1v) is 1.47. The first-order chi connectivity index (χ1) is 5.44. The van der Waals surface area contributed by atoms with Gasteiger partial charge in [0, 0.05) is 8.22 Å². The molecule has 0 saturated carbocycles. The Morgan fingerprint density at radius 2 is 2.25 bits per heavy atom. The highest BCUT2D eigenvalue weighted by Gasteiger charge is 2.19. The largest absolute Gasteiger partial charge is 0.480 e. The number of aliphatic carboxylic acids is 1. The number of nitrogens with two attached hydrogens (primary N) is 1. The summed E-state index contributed by atoms with van der Waals surface area (Å²) in [7, 11) is 0. The van der Waals surface area contributed by atoms with Gasteiger partial charge in [0.25, 0.3) is 0 Å². The summed E-state index contributed by atoms with van der Waals surface area (Å²) in [5.41, 5.74) is 1.66. The van der Waals surface area contributed by atoms with Crippen LogP contribution in [0.25, 0.3) is 0 Å². The highest BCUT2D eigenvalue weighted by atomic mass is 35.5. The number of halogens is 1. The van der Waals surface area contributed by atoms with Crippen molar-refractivity contribution in [3.63, 3.8) is 0 Å². The van der Waals surface area contributed by atoms with Gasteiger partial charge in [-0.1, -0.05) is 0 Å². The Balaban J connectivity index is 0. The van der Waals surface area contributed by atoms with Crippen molar-refractivity contribution < 1.29 is 18.1 Å². The monoisotopic (exact) mass is 145 g/mol. The van der Waals surface area contributed by atoms with Crippen molar-refractivity contribution >= 4 is 18.4 Å². The zero-order valence-corrected chi connectivity index (χ0v) is 4.66. The average molecular weight is 146 g/mol. The summed E-state index contributed by atoms with van der Waals surface area (Å²) in [6.45, 7) is -6.55. The lowest BCUT2D eigenvalue weighted by atomic mass is 10.1. The number of carboxylic acid groups (broad SMARTS) is 1. The zero-order chi connectivity index (χ0) is 11.1. The van der Waals surface area contributed by atoms with E-state index in [0.717, 1.165) is 0 Å². The van der Waals surface area contributed by atoms with Crippen LogP contribution in [0.2, 0.25) is 0 Å². The van der Waals surface area contributed by atoms with Gasteiger partial charge in [-0.05, 0) is 13.7 Å². The SMILES string of the molecule is Cl.[2H]C([2H])([2H])C(N)(C(=O)O)C([2H])([2H])[2H]. The van der Waals surface area contributed by atoms with Gasteiger partial charge in [0.05, 0.1) is 0 Å². The Morgan fingerprint density at radius 3 is 2.25 bits per heavy atom. The van der Waals surface area contributed by atoms with E-state index in [1.807, 2.05) is 0 Å². The molecular weight excluding hydrogens is 130 g/mol. The summed E-state index contributed by atoms with van der Waals surface area (Å²) in [5.74, 6) is -2.06. The Labute approximate surface area is 62.7 Å². The molecule has 0 aromatic heterocycles. The Bertz CT molecular complexity index is 209. The van der Waals surface area contributed by atoms with E-state index in [-0.39, 0.29) is 12.4 Å². The van der Waals surface area contributed by atoms with Crippen LogP contribution in [0, 0.1) is 0 Å². The number of carboxylic acids is 1. The Morgan fingerprint density at radius 1 is 1.88 bits per heavy atom. The molecule has 0 unspecified atom stereocenters. The molecule has 8 heavy (non-hydrogen) atoms. The van der Waals surface area contributed by atoms with Gasteiger partial charge in [-0.25, -0.2) is 0 Å². The fourth-order valence-corrected chi connectivity index (χ4v) is 0.